The van der Waals surface area contributed by atoms with E-state index in [9.17, 15) is 9.59 Å². The molecule has 9 nitrogen and oxygen atoms in total. The third-order valence-corrected chi connectivity index (χ3v) is 4.01. The summed E-state index contributed by atoms with van der Waals surface area (Å²) in [7, 11) is 1.67. The third-order valence-electron chi connectivity index (χ3n) is 3.82. The van der Waals surface area contributed by atoms with E-state index >= 15 is 0 Å². The van der Waals surface area contributed by atoms with Crippen molar-refractivity contribution in [3.63, 3.8) is 0 Å². The number of nitrogens with one attached hydrogen (secondary N) is 2. The second-order valence-corrected chi connectivity index (χ2v) is 6.53. The van der Waals surface area contributed by atoms with E-state index in [0.717, 1.165) is 0 Å². The summed E-state index contributed by atoms with van der Waals surface area (Å²) >= 11 is 5.83. The number of aromatic nitrogens is 4. The van der Waals surface area contributed by atoms with Gasteiger partial charge in [0.1, 0.15) is 5.76 Å². The van der Waals surface area contributed by atoms with Gasteiger partial charge in [0.2, 0.25) is 5.91 Å². The average molecular weight is 391 g/mol. The summed E-state index contributed by atoms with van der Waals surface area (Å²) in [6.07, 6.45) is 6.26. The van der Waals surface area contributed by atoms with E-state index in [0.29, 0.717) is 23.0 Å². The Morgan fingerprint density at radius 2 is 2.19 bits per heavy atom. The maximum Gasteiger partial charge on any atom is 0.274 e. The highest BCUT2D eigenvalue weighted by atomic mass is 35.5. The van der Waals surface area contributed by atoms with Crippen molar-refractivity contribution < 1.29 is 14.0 Å². The monoisotopic (exact) mass is 390 g/mol. The van der Waals surface area contributed by atoms with Crippen molar-refractivity contribution in [2.75, 3.05) is 5.32 Å². The topological polar surface area (TPSA) is 107 Å². The van der Waals surface area contributed by atoms with Crippen molar-refractivity contribution in [1.82, 2.24) is 24.9 Å². The summed E-state index contributed by atoms with van der Waals surface area (Å²) in [5.74, 6) is -0.430. The zero-order valence-corrected chi connectivity index (χ0v) is 15.6. The molecule has 2 N–H and O–H groups in total. The molecule has 0 aliphatic heterocycles. The van der Waals surface area contributed by atoms with Crippen LogP contribution in [0.4, 0.5) is 5.69 Å². The zero-order chi connectivity index (χ0) is 19.4. The molecule has 3 rings (SSSR count). The Labute approximate surface area is 160 Å². The molecule has 0 bridgehead atoms. The maximum absolute atomic E-state index is 12.5. The lowest BCUT2D eigenvalue weighted by atomic mass is 10.1. The first kappa shape index (κ1) is 18.7. The van der Waals surface area contributed by atoms with E-state index in [4.69, 9.17) is 16.0 Å². The van der Waals surface area contributed by atoms with Gasteiger partial charge in [-0.05, 0) is 12.1 Å². The summed E-state index contributed by atoms with van der Waals surface area (Å²) in [6.45, 7) is 2.35. The number of anilines is 1. The third kappa shape index (κ3) is 4.76. The molecule has 0 fully saturated rings. The first-order valence-corrected chi connectivity index (χ1v) is 8.63. The predicted octanol–water partition coefficient (Wildman–Crippen LogP) is 2.07. The standard InChI is InChI=1S/C17H19ClN6O3/c1-11(8-24-9-12(18)6-20-24)16(25)21-14-10-23(2)22-15(14)17(26)19-7-13-4-3-5-27-13/h3-6,9-11H,7-8H2,1-2H3,(H,19,26)(H,21,25). The van der Waals surface area contributed by atoms with Crippen molar-refractivity contribution in [3.8, 4) is 0 Å². The van der Waals surface area contributed by atoms with Gasteiger partial charge in [-0.25, -0.2) is 0 Å². The first-order chi connectivity index (χ1) is 12.9. The van der Waals surface area contributed by atoms with E-state index in [1.54, 1.807) is 43.2 Å². The van der Waals surface area contributed by atoms with Gasteiger partial charge in [-0.3, -0.25) is 19.0 Å². The molecule has 0 saturated carbocycles. The first-order valence-electron chi connectivity index (χ1n) is 8.25. The van der Waals surface area contributed by atoms with E-state index < -0.39 is 5.91 Å². The minimum atomic E-state index is -0.409. The molecule has 3 heterocycles. The molecule has 0 aliphatic carbocycles. The zero-order valence-electron chi connectivity index (χ0n) is 14.8. The van der Waals surface area contributed by atoms with Crippen LogP contribution < -0.4 is 10.6 Å². The van der Waals surface area contributed by atoms with Gasteiger partial charge < -0.3 is 15.1 Å². The number of halogens is 1. The molecule has 0 radical (unpaired) electrons. The van der Waals surface area contributed by atoms with Gasteiger partial charge in [0.15, 0.2) is 5.69 Å². The Bertz CT molecular complexity index is 931. The molecule has 10 heteroatoms. The minimum absolute atomic E-state index is 0.131. The van der Waals surface area contributed by atoms with Gasteiger partial charge in [-0.15, -0.1) is 0 Å². The number of furan rings is 1. The number of amides is 2. The molecule has 0 aliphatic rings. The van der Waals surface area contributed by atoms with Crippen LogP contribution in [0, 0.1) is 5.92 Å². The summed E-state index contributed by atoms with van der Waals surface area (Å²) < 4.78 is 8.24. The van der Waals surface area contributed by atoms with Crippen LogP contribution in [0.15, 0.2) is 41.4 Å². The molecule has 1 unspecified atom stereocenters. The Morgan fingerprint density at radius 1 is 1.37 bits per heavy atom. The van der Waals surface area contributed by atoms with E-state index in [2.05, 4.69) is 20.8 Å². The summed E-state index contributed by atoms with van der Waals surface area (Å²) in [4.78, 5) is 24.9. The number of carbonyl (C=O) groups is 2. The molecule has 0 saturated heterocycles. The van der Waals surface area contributed by atoms with Gasteiger partial charge >= 0.3 is 0 Å². The number of rotatable bonds is 7. The van der Waals surface area contributed by atoms with Gasteiger partial charge in [-0.1, -0.05) is 18.5 Å². The number of nitrogens with zero attached hydrogens (tertiary/aromatic N) is 4. The highest BCUT2D eigenvalue weighted by molar-refractivity contribution is 6.30. The van der Waals surface area contributed by atoms with E-state index in [1.165, 1.54) is 17.1 Å². The van der Waals surface area contributed by atoms with Crippen LogP contribution in [-0.4, -0.2) is 31.4 Å². The SMILES string of the molecule is CC(Cn1cc(Cl)cn1)C(=O)Nc1cn(C)nc1C(=O)NCc1ccco1. The summed E-state index contributed by atoms with van der Waals surface area (Å²) in [5.41, 5.74) is 0.469. The molecule has 0 spiro atoms. The molecule has 3 aromatic heterocycles. The fourth-order valence-electron chi connectivity index (χ4n) is 2.47. The minimum Gasteiger partial charge on any atom is -0.467 e. The molecule has 3 aromatic rings. The van der Waals surface area contributed by atoms with Crippen LogP contribution >= 0.6 is 11.6 Å². The van der Waals surface area contributed by atoms with Crippen molar-refractivity contribution in [2.24, 2.45) is 13.0 Å². The Balaban J connectivity index is 1.63. The molecule has 27 heavy (non-hydrogen) atoms. The maximum atomic E-state index is 12.5. The highest BCUT2D eigenvalue weighted by Gasteiger charge is 2.21. The van der Waals surface area contributed by atoms with Crippen LogP contribution in [0.5, 0.6) is 0 Å². The number of aryl methyl sites for hydroxylation is 1. The van der Waals surface area contributed by atoms with Gasteiger partial charge in [0.05, 0.1) is 42.2 Å². The average Bonchev–Trinajstić information content (AvgIpc) is 3.35. The van der Waals surface area contributed by atoms with Crippen LogP contribution in [0.1, 0.15) is 23.2 Å². The smallest absolute Gasteiger partial charge is 0.274 e. The normalized spacial score (nSPS) is 12.0. The molecule has 1 atom stereocenters. The largest absolute Gasteiger partial charge is 0.467 e. The van der Waals surface area contributed by atoms with Crippen molar-refractivity contribution in [1.29, 1.82) is 0 Å². The lowest BCUT2D eigenvalue weighted by Crippen LogP contribution is -2.27. The van der Waals surface area contributed by atoms with Gasteiger partial charge in [-0.2, -0.15) is 10.2 Å². The Morgan fingerprint density at radius 3 is 2.85 bits per heavy atom. The molecular weight excluding hydrogens is 372 g/mol. The fraction of sp³-hybridized carbons (Fsp3) is 0.294. The molecular formula is C17H19ClN6O3. The van der Waals surface area contributed by atoms with Crippen molar-refractivity contribution in [2.45, 2.75) is 20.0 Å². The second kappa shape index (κ2) is 8.09. The van der Waals surface area contributed by atoms with Crippen LogP contribution in [0.3, 0.4) is 0 Å². The highest BCUT2D eigenvalue weighted by Crippen LogP contribution is 2.16. The predicted molar refractivity (Wildman–Crippen MR) is 98.1 cm³/mol. The number of hydrogen-bond acceptors (Lipinski definition) is 5. The van der Waals surface area contributed by atoms with Gasteiger partial charge in [0.25, 0.3) is 5.91 Å². The van der Waals surface area contributed by atoms with Crippen LogP contribution in [-0.2, 0) is 24.9 Å². The lowest BCUT2D eigenvalue weighted by molar-refractivity contribution is -0.119. The quantitative estimate of drug-likeness (QED) is 0.642. The Kier molecular flexibility index (Phi) is 5.60. The fourth-order valence-corrected chi connectivity index (χ4v) is 2.63. The second-order valence-electron chi connectivity index (χ2n) is 6.10. The van der Waals surface area contributed by atoms with E-state index in [-0.39, 0.29) is 24.1 Å². The molecule has 0 aromatic carbocycles. The summed E-state index contributed by atoms with van der Waals surface area (Å²) in [5, 5.41) is 14.2. The van der Waals surface area contributed by atoms with E-state index in [1.807, 2.05) is 0 Å². The summed E-state index contributed by atoms with van der Waals surface area (Å²) in [6, 6.07) is 3.49. The van der Waals surface area contributed by atoms with Crippen molar-refractivity contribution >= 4 is 29.1 Å². The number of hydrogen-bond donors (Lipinski definition) is 2. The molecule has 2 amide bonds. The molecule has 142 valence electrons. The number of carbonyl (C=O) groups excluding carboxylic acids is 2. The van der Waals surface area contributed by atoms with Crippen molar-refractivity contribution in [3.05, 3.63) is 53.5 Å². The van der Waals surface area contributed by atoms with Gasteiger partial charge in [0, 0.05) is 19.4 Å². The lowest BCUT2D eigenvalue weighted by Gasteiger charge is -2.12. The van der Waals surface area contributed by atoms with Crippen LogP contribution in [0.2, 0.25) is 5.02 Å². The van der Waals surface area contributed by atoms with Crippen LogP contribution in [0.25, 0.3) is 0 Å². The Hall–Kier alpha value is -3.07.